The predicted molar refractivity (Wildman–Crippen MR) is 103 cm³/mol. The lowest BCUT2D eigenvalue weighted by Crippen LogP contribution is -2.27. The molecule has 2 aromatic rings. The van der Waals surface area contributed by atoms with Crippen molar-refractivity contribution in [1.82, 2.24) is 0 Å². The molecule has 3 rings (SSSR count). The molecule has 0 atom stereocenters. The molecular formula is C21H22ClNO2. The summed E-state index contributed by atoms with van der Waals surface area (Å²) in [5.41, 5.74) is 6.27. The highest BCUT2D eigenvalue weighted by Gasteiger charge is 2.22. The van der Waals surface area contributed by atoms with E-state index in [0.29, 0.717) is 0 Å². The van der Waals surface area contributed by atoms with Crippen LogP contribution < -0.4 is 5.32 Å². The van der Waals surface area contributed by atoms with Gasteiger partial charge in [0, 0.05) is 10.7 Å². The lowest BCUT2D eigenvalue weighted by atomic mass is 9.97. The predicted octanol–water partition coefficient (Wildman–Crippen LogP) is 6.06. The second kappa shape index (κ2) is 6.57. The van der Waals surface area contributed by atoms with E-state index >= 15 is 0 Å². The summed E-state index contributed by atoms with van der Waals surface area (Å²) < 4.78 is 5.33. The van der Waals surface area contributed by atoms with Gasteiger partial charge in [0.15, 0.2) is 0 Å². The zero-order chi connectivity index (χ0) is 18.2. The van der Waals surface area contributed by atoms with Gasteiger partial charge in [-0.05, 0) is 80.6 Å². The molecule has 0 aliphatic heterocycles. The number of rotatable bonds is 2. The number of nitrogens with one attached hydrogen (secondary N) is 1. The summed E-state index contributed by atoms with van der Waals surface area (Å²) in [4.78, 5) is 12.0. The van der Waals surface area contributed by atoms with Crippen LogP contribution in [-0.4, -0.2) is 11.7 Å². The number of carbonyl (C=O) groups excluding carboxylic acids is 1. The van der Waals surface area contributed by atoms with E-state index in [1.54, 1.807) is 0 Å². The highest BCUT2D eigenvalue weighted by Crippen LogP contribution is 2.39. The van der Waals surface area contributed by atoms with E-state index < -0.39 is 11.7 Å². The Balaban J connectivity index is 1.89. The molecule has 0 radical (unpaired) electrons. The number of allylic oxidation sites excluding steroid dienone is 1. The van der Waals surface area contributed by atoms with Gasteiger partial charge in [0.2, 0.25) is 0 Å². The molecule has 1 aliphatic rings. The number of hydrogen-bond donors (Lipinski definition) is 1. The Kier molecular flexibility index (Phi) is 4.61. The van der Waals surface area contributed by atoms with Crippen molar-refractivity contribution in [2.45, 2.75) is 39.7 Å². The Labute approximate surface area is 153 Å². The minimum absolute atomic E-state index is 0.445. The van der Waals surface area contributed by atoms with Gasteiger partial charge in [-0.1, -0.05) is 35.4 Å². The zero-order valence-corrected chi connectivity index (χ0v) is 15.7. The molecular weight excluding hydrogens is 334 g/mol. The maximum absolute atomic E-state index is 12.0. The van der Waals surface area contributed by atoms with Crippen LogP contribution in [0.5, 0.6) is 0 Å². The maximum Gasteiger partial charge on any atom is 0.412 e. The van der Waals surface area contributed by atoms with E-state index in [1.807, 2.05) is 57.2 Å². The number of amides is 1. The highest BCUT2D eigenvalue weighted by atomic mass is 35.5. The monoisotopic (exact) mass is 355 g/mol. The quantitative estimate of drug-likeness (QED) is 0.710. The smallest absolute Gasteiger partial charge is 0.412 e. The SMILES string of the molecule is CC1=C(c2ccc(Cl)cc2)c2cc(NC(=O)OC(C)(C)C)ccc2C1. The Morgan fingerprint density at radius 3 is 2.44 bits per heavy atom. The van der Waals surface area contributed by atoms with Crippen molar-refractivity contribution in [3.05, 3.63) is 69.8 Å². The molecule has 4 heteroatoms. The number of halogens is 1. The van der Waals surface area contributed by atoms with Gasteiger partial charge in [0.1, 0.15) is 5.60 Å². The van der Waals surface area contributed by atoms with Crippen LogP contribution in [0.25, 0.3) is 5.57 Å². The van der Waals surface area contributed by atoms with Crippen LogP contribution in [0.2, 0.25) is 5.02 Å². The highest BCUT2D eigenvalue weighted by molar-refractivity contribution is 6.30. The average molecular weight is 356 g/mol. The Bertz CT molecular complexity index is 845. The molecule has 0 heterocycles. The molecule has 0 fully saturated rings. The standard InChI is InChI=1S/C21H22ClNO2/c1-13-11-15-7-10-17(23-20(24)25-21(2,3)4)12-18(15)19(13)14-5-8-16(22)9-6-14/h5-10,12H,11H2,1-4H3,(H,23,24). The Morgan fingerprint density at radius 2 is 1.80 bits per heavy atom. The minimum atomic E-state index is -0.522. The molecule has 1 aliphatic carbocycles. The molecule has 25 heavy (non-hydrogen) atoms. The molecule has 130 valence electrons. The third-order valence-electron chi connectivity index (χ3n) is 4.04. The van der Waals surface area contributed by atoms with E-state index in [0.717, 1.165) is 28.3 Å². The lowest BCUT2D eigenvalue weighted by molar-refractivity contribution is 0.0636. The molecule has 0 aromatic heterocycles. The van der Waals surface area contributed by atoms with Crippen molar-refractivity contribution in [2.24, 2.45) is 0 Å². The van der Waals surface area contributed by atoms with Crippen LogP contribution in [0.4, 0.5) is 10.5 Å². The van der Waals surface area contributed by atoms with Gasteiger partial charge >= 0.3 is 6.09 Å². The van der Waals surface area contributed by atoms with Crippen LogP contribution in [0.3, 0.4) is 0 Å². The molecule has 0 spiro atoms. The molecule has 1 N–H and O–H groups in total. The summed E-state index contributed by atoms with van der Waals surface area (Å²) in [7, 11) is 0. The van der Waals surface area contributed by atoms with Gasteiger partial charge in [0.05, 0.1) is 0 Å². The summed E-state index contributed by atoms with van der Waals surface area (Å²) in [6.45, 7) is 7.69. The Morgan fingerprint density at radius 1 is 1.12 bits per heavy atom. The first kappa shape index (κ1) is 17.6. The van der Waals surface area contributed by atoms with E-state index in [4.69, 9.17) is 16.3 Å². The summed E-state index contributed by atoms with van der Waals surface area (Å²) in [6.07, 6.45) is 0.471. The van der Waals surface area contributed by atoms with Crippen LogP contribution in [0.1, 0.15) is 44.4 Å². The zero-order valence-electron chi connectivity index (χ0n) is 14.9. The molecule has 3 nitrogen and oxygen atoms in total. The third kappa shape index (κ3) is 4.05. The second-order valence-electron chi connectivity index (χ2n) is 7.34. The fraction of sp³-hybridized carbons (Fsp3) is 0.286. The fourth-order valence-electron chi connectivity index (χ4n) is 3.08. The van der Waals surface area contributed by atoms with Crippen LogP contribution in [-0.2, 0) is 11.2 Å². The summed E-state index contributed by atoms with van der Waals surface area (Å²) in [5.74, 6) is 0. The molecule has 0 bridgehead atoms. The molecule has 2 aromatic carbocycles. The van der Waals surface area contributed by atoms with Gasteiger partial charge in [-0.25, -0.2) is 4.79 Å². The van der Waals surface area contributed by atoms with Crippen molar-refractivity contribution in [2.75, 3.05) is 5.32 Å². The van der Waals surface area contributed by atoms with Crippen molar-refractivity contribution in [1.29, 1.82) is 0 Å². The first-order valence-corrected chi connectivity index (χ1v) is 8.70. The molecule has 0 saturated heterocycles. The van der Waals surface area contributed by atoms with Crippen molar-refractivity contribution >= 4 is 29.0 Å². The number of fused-ring (bicyclic) bond motifs is 1. The first-order valence-electron chi connectivity index (χ1n) is 8.32. The average Bonchev–Trinajstić information content (AvgIpc) is 2.81. The van der Waals surface area contributed by atoms with E-state index in [1.165, 1.54) is 16.7 Å². The maximum atomic E-state index is 12.0. The van der Waals surface area contributed by atoms with Crippen LogP contribution >= 0.6 is 11.6 Å². The van der Waals surface area contributed by atoms with E-state index in [9.17, 15) is 4.79 Å². The van der Waals surface area contributed by atoms with Crippen molar-refractivity contribution in [3.63, 3.8) is 0 Å². The molecule has 0 saturated carbocycles. The van der Waals surface area contributed by atoms with Gasteiger partial charge < -0.3 is 4.74 Å². The fourth-order valence-corrected chi connectivity index (χ4v) is 3.21. The second-order valence-corrected chi connectivity index (χ2v) is 7.77. The van der Waals surface area contributed by atoms with E-state index in [2.05, 4.69) is 18.3 Å². The van der Waals surface area contributed by atoms with Gasteiger partial charge in [-0.3, -0.25) is 5.32 Å². The van der Waals surface area contributed by atoms with Gasteiger partial charge in [-0.2, -0.15) is 0 Å². The molecule has 0 unspecified atom stereocenters. The van der Waals surface area contributed by atoms with Crippen molar-refractivity contribution < 1.29 is 9.53 Å². The topological polar surface area (TPSA) is 38.3 Å². The third-order valence-corrected chi connectivity index (χ3v) is 4.29. The van der Waals surface area contributed by atoms with Crippen molar-refractivity contribution in [3.8, 4) is 0 Å². The summed E-state index contributed by atoms with van der Waals surface area (Å²) in [6, 6.07) is 13.9. The minimum Gasteiger partial charge on any atom is -0.444 e. The summed E-state index contributed by atoms with van der Waals surface area (Å²) >= 11 is 6.01. The van der Waals surface area contributed by atoms with Crippen LogP contribution in [0, 0.1) is 0 Å². The lowest BCUT2D eigenvalue weighted by Gasteiger charge is -2.20. The van der Waals surface area contributed by atoms with Gasteiger partial charge in [-0.15, -0.1) is 0 Å². The number of anilines is 1. The number of carbonyl (C=O) groups is 1. The van der Waals surface area contributed by atoms with E-state index in [-0.39, 0.29) is 0 Å². The van der Waals surface area contributed by atoms with Gasteiger partial charge in [0.25, 0.3) is 0 Å². The normalized spacial score (nSPS) is 13.6. The number of benzene rings is 2. The first-order chi connectivity index (χ1) is 11.7. The summed E-state index contributed by atoms with van der Waals surface area (Å²) in [5, 5.41) is 3.54. The Hall–Kier alpha value is -2.26. The number of ether oxygens (including phenoxy) is 1. The molecule has 1 amide bonds. The van der Waals surface area contributed by atoms with Crippen LogP contribution in [0.15, 0.2) is 48.0 Å². The largest absolute Gasteiger partial charge is 0.444 e. The number of hydrogen-bond acceptors (Lipinski definition) is 2.